The summed E-state index contributed by atoms with van der Waals surface area (Å²) in [7, 11) is 0. The number of nitrogens with one attached hydrogen (secondary N) is 1. The van der Waals surface area contributed by atoms with Gasteiger partial charge in [0.25, 0.3) is 5.91 Å². The average molecular weight is 260 g/mol. The predicted octanol–water partition coefficient (Wildman–Crippen LogP) is 1.74. The van der Waals surface area contributed by atoms with Crippen LogP contribution in [0.5, 0.6) is 0 Å². The van der Waals surface area contributed by atoms with Gasteiger partial charge in [-0.15, -0.1) is 0 Å². The molecule has 0 spiro atoms. The van der Waals surface area contributed by atoms with Gasteiger partial charge in [-0.3, -0.25) is 9.59 Å². The minimum Gasteiger partial charge on any atom is -0.352 e. The minimum absolute atomic E-state index is 0.0322. The monoisotopic (exact) mass is 260 g/mol. The molecule has 0 radical (unpaired) electrons. The number of benzene rings is 1. The van der Waals surface area contributed by atoms with Crippen LogP contribution in [0.3, 0.4) is 0 Å². The van der Waals surface area contributed by atoms with Gasteiger partial charge in [0, 0.05) is 31.6 Å². The molecule has 1 aromatic carbocycles. The van der Waals surface area contributed by atoms with Crippen molar-refractivity contribution in [3.63, 3.8) is 0 Å². The highest BCUT2D eigenvalue weighted by Gasteiger charge is 2.25. The standard InChI is InChI=1S/C15H20N2O2/c1-11-6-3-4-8-14(11)15(19)17-9-5-7-13(10-17)16-12(2)18/h3-4,6,8,13H,5,7,9-10H2,1-2H3,(H,16,18). The summed E-state index contributed by atoms with van der Waals surface area (Å²) < 4.78 is 0. The number of piperidine rings is 1. The predicted molar refractivity (Wildman–Crippen MR) is 73.9 cm³/mol. The first-order chi connectivity index (χ1) is 9.08. The molecule has 1 fully saturated rings. The molecule has 102 valence electrons. The molecule has 1 N–H and O–H groups in total. The quantitative estimate of drug-likeness (QED) is 0.880. The molecular weight excluding hydrogens is 240 g/mol. The second-order valence-corrected chi connectivity index (χ2v) is 5.11. The molecule has 0 aromatic heterocycles. The first kappa shape index (κ1) is 13.6. The molecule has 2 rings (SSSR count). The van der Waals surface area contributed by atoms with E-state index in [9.17, 15) is 9.59 Å². The van der Waals surface area contributed by atoms with Crippen LogP contribution >= 0.6 is 0 Å². The van der Waals surface area contributed by atoms with Crippen molar-refractivity contribution < 1.29 is 9.59 Å². The zero-order valence-corrected chi connectivity index (χ0v) is 11.5. The highest BCUT2D eigenvalue weighted by Crippen LogP contribution is 2.16. The van der Waals surface area contributed by atoms with Crippen molar-refractivity contribution in [2.75, 3.05) is 13.1 Å². The smallest absolute Gasteiger partial charge is 0.254 e. The third-order valence-corrected chi connectivity index (χ3v) is 3.49. The molecule has 1 saturated heterocycles. The van der Waals surface area contributed by atoms with Crippen LogP contribution in [0.25, 0.3) is 0 Å². The summed E-state index contributed by atoms with van der Waals surface area (Å²) in [5, 5.41) is 2.90. The van der Waals surface area contributed by atoms with Gasteiger partial charge in [0.05, 0.1) is 0 Å². The second kappa shape index (κ2) is 5.87. The third kappa shape index (κ3) is 3.34. The van der Waals surface area contributed by atoms with Crippen molar-refractivity contribution in [2.45, 2.75) is 32.7 Å². The molecule has 1 heterocycles. The van der Waals surface area contributed by atoms with E-state index in [1.54, 1.807) is 0 Å². The van der Waals surface area contributed by atoms with Crippen LogP contribution in [0.2, 0.25) is 0 Å². The molecule has 1 atom stereocenters. The van der Waals surface area contributed by atoms with Gasteiger partial charge in [-0.25, -0.2) is 0 Å². The molecule has 2 amide bonds. The van der Waals surface area contributed by atoms with Gasteiger partial charge >= 0.3 is 0 Å². The lowest BCUT2D eigenvalue weighted by Gasteiger charge is -2.33. The van der Waals surface area contributed by atoms with Crippen molar-refractivity contribution in [2.24, 2.45) is 0 Å². The molecular formula is C15H20N2O2. The largest absolute Gasteiger partial charge is 0.352 e. The van der Waals surface area contributed by atoms with Crippen molar-refractivity contribution >= 4 is 11.8 Å². The van der Waals surface area contributed by atoms with E-state index in [1.807, 2.05) is 36.1 Å². The minimum atomic E-state index is -0.0322. The Morgan fingerprint density at radius 2 is 2.05 bits per heavy atom. The second-order valence-electron chi connectivity index (χ2n) is 5.11. The number of hydrogen-bond acceptors (Lipinski definition) is 2. The lowest BCUT2D eigenvalue weighted by molar-refractivity contribution is -0.120. The fourth-order valence-electron chi connectivity index (χ4n) is 2.55. The Kier molecular flexibility index (Phi) is 4.20. The van der Waals surface area contributed by atoms with Crippen molar-refractivity contribution in [3.8, 4) is 0 Å². The molecule has 4 heteroatoms. The molecule has 1 aromatic rings. The lowest BCUT2D eigenvalue weighted by Crippen LogP contribution is -2.49. The van der Waals surface area contributed by atoms with E-state index in [4.69, 9.17) is 0 Å². The van der Waals surface area contributed by atoms with Gasteiger partial charge in [0.15, 0.2) is 0 Å². The van der Waals surface area contributed by atoms with Gasteiger partial charge in [0.1, 0.15) is 0 Å². The third-order valence-electron chi connectivity index (χ3n) is 3.49. The number of amides is 2. The molecule has 0 saturated carbocycles. The van der Waals surface area contributed by atoms with E-state index < -0.39 is 0 Å². The number of nitrogens with zero attached hydrogens (tertiary/aromatic N) is 1. The van der Waals surface area contributed by atoms with Crippen LogP contribution in [0.15, 0.2) is 24.3 Å². The van der Waals surface area contributed by atoms with Gasteiger partial charge in [-0.2, -0.15) is 0 Å². The van der Waals surface area contributed by atoms with Crippen LogP contribution in [0, 0.1) is 6.92 Å². The Hall–Kier alpha value is -1.84. The van der Waals surface area contributed by atoms with Crippen LogP contribution in [-0.4, -0.2) is 35.8 Å². The fraction of sp³-hybridized carbons (Fsp3) is 0.467. The van der Waals surface area contributed by atoms with Crippen LogP contribution in [0.4, 0.5) is 0 Å². The van der Waals surface area contributed by atoms with E-state index in [1.165, 1.54) is 6.92 Å². The summed E-state index contributed by atoms with van der Waals surface area (Å²) in [4.78, 5) is 25.4. The lowest BCUT2D eigenvalue weighted by atomic mass is 10.0. The maximum absolute atomic E-state index is 12.5. The molecule has 0 bridgehead atoms. The number of carbonyl (C=O) groups excluding carboxylic acids is 2. The van der Waals surface area contributed by atoms with Crippen molar-refractivity contribution in [3.05, 3.63) is 35.4 Å². The van der Waals surface area contributed by atoms with Crippen LogP contribution in [0.1, 0.15) is 35.7 Å². The normalized spacial score (nSPS) is 19.1. The maximum atomic E-state index is 12.5. The molecule has 0 aliphatic carbocycles. The zero-order valence-electron chi connectivity index (χ0n) is 11.5. The first-order valence-corrected chi connectivity index (χ1v) is 6.70. The summed E-state index contributed by atoms with van der Waals surface area (Å²) >= 11 is 0. The maximum Gasteiger partial charge on any atom is 0.254 e. The number of hydrogen-bond donors (Lipinski definition) is 1. The molecule has 4 nitrogen and oxygen atoms in total. The van der Waals surface area contributed by atoms with E-state index >= 15 is 0 Å². The van der Waals surface area contributed by atoms with Gasteiger partial charge < -0.3 is 10.2 Å². The number of likely N-dealkylation sites (tertiary alicyclic amines) is 1. The number of rotatable bonds is 2. The SMILES string of the molecule is CC(=O)NC1CCCN(C(=O)c2ccccc2C)C1. The average Bonchev–Trinajstić information content (AvgIpc) is 2.38. The van der Waals surface area contributed by atoms with Crippen LogP contribution in [-0.2, 0) is 4.79 Å². The Morgan fingerprint density at radius 3 is 2.74 bits per heavy atom. The Balaban J connectivity index is 2.07. The topological polar surface area (TPSA) is 49.4 Å². The van der Waals surface area contributed by atoms with E-state index in [0.717, 1.165) is 30.5 Å². The van der Waals surface area contributed by atoms with Crippen LogP contribution < -0.4 is 5.32 Å². The summed E-state index contributed by atoms with van der Waals surface area (Å²) in [6.45, 7) is 4.83. The summed E-state index contributed by atoms with van der Waals surface area (Å²) in [6, 6.07) is 7.71. The number of carbonyl (C=O) groups is 2. The zero-order chi connectivity index (χ0) is 13.8. The fourth-order valence-corrected chi connectivity index (χ4v) is 2.55. The Bertz CT molecular complexity index is 485. The summed E-state index contributed by atoms with van der Waals surface area (Å²) in [5.41, 5.74) is 1.75. The highest BCUT2D eigenvalue weighted by molar-refractivity contribution is 5.95. The molecule has 19 heavy (non-hydrogen) atoms. The first-order valence-electron chi connectivity index (χ1n) is 6.70. The molecule has 1 aliphatic heterocycles. The Labute approximate surface area is 113 Å². The van der Waals surface area contributed by atoms with Gasteiger partial charge in [-0.1, -0.05) is 18.2 Å². The summed E-state index contributed by atoms with van der Waals surface area (Å²) in [6.07, 6.45) is 1.87. The van der Waals surface area contributed by atoms with E-state index in [0.29, 0.717) is 6.54 Å². The van der Waals surface area contributed by atoms with Gasteiger partial charge in [0.2, 0.25) is 5.91 Å². The van der Waals surface area contributed by atoms with E-state index in [2.05, 4.69) is 5.32 Å². The van der Waals surface area contributed by atoms with Crippen molar-refractivity contribution in [1.29, 1.82) is 0 Å². The number of aryl methyl sites for hydroxylation is 1. The highest BCUT2D eigenvalue weighted by atomic mass is 16.2. The van der Waals surface area contributed by atoms with E-state index in [-0.39, 0.29) is 17.9 Å². The Morgan fingerprint density at radius 1 is 1.32 bits per heavy atom. The van der Waals surface area contributed by atoms with Gasteiger partial charge in [-0.05, 0) is 31.4 Å². The van der Waals surface area contributed by atoms with Crippen molar-refractivity contribution in [1.82, 2.24) is 10.2 Å². The molecule has 1 aliphatic rings. The molecule has 1 unspecified atom stereocenters. The summed E-state index contributed by atoms with van der Waals surface area (Å²) in [5.74, 6) is 0.0309.